The molecule has 11 heteroatoms. The van der Waals surface area contributed by atoms with Crippen molar-refractivity contribution in [3.8, 4) is 0 Å². The number of halogens is 3. The third-order valence-corrected chi connectivity index (χ3v) is 3.21. The van der Waals surface area contributed by atoms with Gasteiger partial charge in [0.2, 0.25) is 14.6 Å². The van der Waals surface area contributed by atoms with E-state index in [4.69, 9.17) is 0 Å². The maximum atomic E-state index is 12.5. The van der Waals surface area contributed by atoms with Crippen molar-refractivity contribution < 1.29 is 22.1 Å². The molecule has 0 unspecified atom stereocenters. The van der Waals surface area contributed by atoms with Crippen LogP contribution in [0.4, 0.5) is 14.6 Å². The Morgan fingerprint density at radius 1 is 1.53 bits per heavy atom. The summed E-state index contributed by atoms with van der Waals surface area (Å²) in [4.78, 5) is 11.5. The lowest BCUT2D eigenvalue weighted by molar-refractivity contribution is -0.392. The first-order valence-electron chi connectivity index (χ1n) is 3.80. The van der Waals surface area contributed by atoms with Crippen LogP contribution in [0.2, 0.25) is 0 Å². The van der Waals surface area contributed by atoms with Crippen molar-refractivity contribution in [3.05, 3.63) is 26.3 Å². The van der Waals surface area contributed by atoms with Crippen LogP contribution < -0.4 is 5.14 Å². The van der Waals surface area contributed by atoms with Crippen LogP contribution in [0.1, 0.15) is 12.0 Å². The van der Waals surface area contributed by atoms with Gasteiger partial charge in [-0.3, -0.25) is 0 Å². The summed E-state index contributed by atoms with van der Waals surface area (Å²) >= 11 is 2.59. The number of nitrogens with two attached hydrogens (primary N) is 1. The fraction of sp³-hybridized carbons (Fsp3) is 0.167. The van der Waals surface area contributed by atoms with E-state index in [1.165, 1.54) is 0 Å². The molecule has 7 nitrogen and oxygen atoms in total. The summed E-state index contributed by atoms with van der Waals surface area (Å²) in [6.07, 6.45) is -3.04. The van der Waals surface area contributed by atoms with Gasteiger partial charge in [0, 0.05) is 15.9 Å². The zero-order valence-electron chi connectivity index (χ0n) is 7.80. The SMILES string of the molecule is NS(=O)(=O)c1cc(C(F)F)c(Br)nc1[N+](=O)[O-]. The van der Waals surface area contributed by atoms with Crippen molar-refractivity contribution in [1.82, 2.24) is 4.98 Å². The Labute approximate surface area is 102 Å². The number of nitrogens with zero attached hydrogens (tertiary/aromatic N) is 2. The van der Waals surface area contributed by atoms with E-state index < -0.39 is 42.3 Å². The summed E-state index contributed by atoms with van der Waals surface area (Å²) in [5.74, 6) is -1.11. The lowest BCUT2D eigenvalue weighted by Gasteiger charge is -2.04. The van der Waals surface area contributed by atoms with Crippen molar-refractivity contribution in [2.24, 2.45) is 5.14 Å². The summed E-state index contributed by atoms with van der Waals surface area (Å²) in [5.41, 5.74) is -0.792. The number of sulfonamides is 1. The quantitative estimate of drug-likeness (QED) is 0.509. The highest BCUT2D eigenvalue weighted by Crippen LogP contribution is 2.32. The van der Waals surface area contributed by atoms with Crippen LogP contribution >= 0.6 is 15.9 Å². The fourth-order valence-corrected chi connectivity index (χ4v) is 2.09. The molecule has 1 heterocycles. The molecule has 0 aliphatic carbocycles. The molecule has 1 aromatic heterocycles. The van der Waals surface area contributed by atoms with E-state index in [2.05, 4.69) is 26.1 Å². The molecule has 0 aliphatic rings. The van der Waals surface area contributed by atoms with Crippen LogP contribution in [-0.2, 0) is 10.0 Å². The van der Waals surface area contributed by atoms with Gasteiger partial charge < -0.3 is 10.1 Å². The average Bonchev–Trinajstić information content (AvgIpc) is 2.14. The van der Waals surface area contributed by atoms with Crippen molar-refractivity contribution in [1.29, 1.82) is 0 Å². The first kappa shape index (κ1) is 13.9. The molecule has 0 spiro atoms. The first-order chi connectivity index (χ1) is 7.64. The van der Waals surface area contributed by atoms with E-state index in [1.807, 2.05) is 0 Å². The number of primary sulfonamides is 1. The summed E-state index contributed by atoms with van der Waals surface area (Å²) in [6.45, 7) is 0. The molecule has 0 saturated carbocycles. The number of aromatic nitrogens is 1. The molecule has 0 saturated heterocycles. The van der Waals surface area contributed by atoms with Crippen LogP contribution in [0.25, 0.3) is 0 Å². The number of hydrogen-bond donors (Lipinski definition) is 1. The molecule has 0 amide bonds. The number of hydrogen-bond acceptors (Lipinski definition) is 5. The molecule has 94 valence electrons. The Bertz CT molecular complexity index is 577. The topological polar surface area (TPSA) is 116 Å². The largest absolute Gasteiger partial charge is 0.384 e. The normalized spacial score (nSPS) is 11.8. The highest BCUT2D eigenvalue weighted by atomic mass is 79.9. The predicted octanol–water partition coefficient (Wildman–Crippen LogP) is 1.34. The molecule has 0 bridgehead atoms. The third kappa shape index (κ3) is 2.92. The molecule has 1 aromatic rings. The van der Waals surface area contributed by atoms with Crippen LogP contribution in [0, 0.1) is 10.1 Å². The molecule has 0 fully saturated rings. The molecule has 0 atom stereocenters. The van der Waals surface area contributed by atoms with Crippen molar-refractivity contribution >= 4 is 31.8 Å². The smallest absolute Gasteiger partial charge is 0.358 e. The van der Waals surface area contributed by atoms with Gasteiger partial charge in [0.15, 0.2) is 4.90 Å². The second kappa shape index (κ2) is 4.58. The molecule has 0 aliphatic heterocycles. The van der Waals surface area contributed by atoms with E-state index in [-0.39, 0.29) is 0 Å². The number of rotatable bonds is 3. The van der Waals surface area contributed by atoms with Gasteiger partial charge in [0.25, 0.3) is 6.43 Å². The van der Waals surface area contributed by atoms with Gasteiger partial charge >= 0.3 is 5.82 Å². The minimum absolute atomic E-state index is 0.426. The fourth-order valence-electron chi connectivity index (χ4n) is 0.971. The van der Waals surface area contributed by atoms with Crippen LogP contribution in [0.15, 0.2) is 15.6 Å². The maximum absolute atomic E-state index is 12.5. The second-order valence-electron chi connectivity index (χ2n) is 2.79. The van der Waals surface area contributed by atoms with Crippen molar-refractivity contribution in [2.75, 3.05) is 0 Å². The first-order valence-corrected chi connectivity index (χ1v) is 6.14. The molecular formula is C6H4BrF2N3O4S. The number of nitro groups is 1. The summed E-state index contributed by atoms with van der Waals surface area (Å²) < 4.78 is 46.4. The Morgan fingerprint density at radius 3 is 2.41 bits per heavy atom. The minimum Gasteiger partial charge on any atom is -0.358 e. The zero-order chi connectivity index (χ0) is 13.4. The van der Waals surface area contributed by atoms with Crippen molar-refractivity contribution in [3.63, 3.8) is 0 Å². The molecule has 2 N–H and O–H groups in total. The lowest BCUT2D eigenvalue weighted by Crippen LogP contribution is -2.16. The van der Waals surface area contributed by atoms with E-state index in [9.17, 15) is 27.3 Å². The van der Waals surface area contributed by atoms with E-state index in [0.29, 0.717) is 6.07 Å². The maximum Gasteiger partial charge on any atom is 0.384 e. The Morgan fingerprint density at radius 2 is 2.06 bits per heavy atom. The molecule has 0 radical (unpaired) electrons. The number of pyridine rings is 1. The summed E-state index contributed by atoms with van der Waals surface area (Å²) in [5, 5.41) is 15.2. The van der Waals surface area contributed by atoms with Crippen LogP contribution in [0.5, 0.6) is 0 Å². The summed E-state index contributed by atoms with van der Waals surface area (Å²) in [7, 11) is -4.51. The molecule has 1 rings (SSSR count). The lowest BCUT2D eigenvalue weighted by atomic mass is 10.3. The molecule has 0 aromatic carbocycles. The third-order valence-electron chi connectivity index (χ3n) is 1.66. The van der Waals surface area contributed by atoms with E-state index in [1.54, 1.807) is 0 Å². The highest BCUT2D eigenvalue weighted by molar-refractivity contribution is 9.10. The second-order valence-corrected chi connectivity index (χ2v) is 5.07. The van der Waals surface area contributed by atoms with Crippen molar-refractivity contribution in [2.45, 2.75) is 11.3 Å². The highest BCUT2D eigenvalue weighted by Gasteiger charge is 2.30. The standard InChI is InChI=1S/C6H4BrF2N3O4S/c7-4-2(5(8)9)1-3(17(10,15)16)6(11-4)12(13)14/h1,5H,(H2,10,15,16). The van der Waals surface area contributed by atoms with E-state index >= 15 is 0 Å². The average molecular weight is 332 g/mol. The Kier molecular flexibility index (Phi) is 3.74. The van der Waals surface area contributed by atoms with Gasteiger partial charge in [-0.25, -0.2) is 22.3 Å². The Balaban J connectivity index is 3.66. The summed E-state index contributed by atoms with van der Waals surface area (Å²) in [6, 6.07) is 0.426. The van der Waals surface area contributed by atoms with Gasteiger partial charge in [-0.2, -0.15) is 0 Å². The minimum atomic E-state index is -4.51. The molecular weight excluding hydrogens is 328 g/mol. The van der Waals surface area contributed by atoms with Gasteiger partial charge in [0.05, 0.1) is 5.56 Å². The van der Waals surface area contributed by atoms with Gasteiger partial charge in [-0.1, -0.05) is 0 Å². The van der Waals surface area contributed by atoms with Gasteiger partial charge in [-0.15, -0.1) is 0 Å². The predicted molar refractivity (Wildman–Crippen MR) is 54.9 cm³/mol. The molecule has 17 heavy (non-hydrogen) atoms. The monoisotopic (exact) mass is 331 g/mol. The zero-order valence-corrected chi connectivity index (χ0v) is 10.2. The van der Waals surface area contributed by atoms with E-state index in [0.717, 1.165) is 0 Å². The van der Waals surface area contributed by atoms with Gasteiger partial charge in [0.1, 0.15) is 0 Å². The Hall–Kier alpha value is -1.20. The van der Waals surface area contributed by atoms with Gasteiger partial charge in [-0.05, 0) is 16.0 Å². The number of alkyl halides is 2. The van der Waals surface area contributed by atoms with Crippen LogP contribution in [0.3, 0.4) is 0 Å². The van der Waals surface area contributed by atoms with Crippen LogP contribution in [-0.4, -0.2) is 18.3 Å².